The van der Waals surface area contributed by atoms with Gasteiger partial charge in [0, 0.05) is 19.5 Å². The van der Waals surface area contributed by atoms with Crippen LogP contribution in [-0.4, -0.2) is 13.0 Å². The minimum Gasteiger partial charge on any atom is -0.282 e. The first-order chi connectivity index (χ1) is 5.02. The van der Waals surface area contributed by atoms with E-state index in [1.165, 1.54) is 18.2 Å². The molecule has 1 aromatic rings. The van der Waals surface area contributed by atoms with Gasteiger partial charge in [-0.15, -0.1) is 0 Å². The van der Waals surface area contributed by atoms with E-state index in [4.69, 9.17) is 16.2 Å². The Hall–Kier alpha value is 0.0434. The van der Waals surface area contributed by atoms with Crippen molar-refractivity contribution in [2.45, 2.75) is 4.90 Å². The Morgan fingerprint density at radius 2 is 1.75 bits per heavy atom. The predicted molar refractivity (Wildman–Crippen MR) is 41.3 cm³/mol. The fourth-order valence-corrected chi connectivity index (χ4v) is 1.65. The molecule has 0 saturated carbocycles. The fraction of sp³-hybridized carbons (Fsp3) is 0. The summed E-state index contributed by atoms with van der Waals surface area (Å²) in [4.78, 5) is -0.262. The second-order valence-electron chi connectivity index (χ2n) is 1.91. The van der Waals surface area contributed by atoms with E-state index in [0.29, 0.717) is 0 Å². The first-order valence-corrected chi connectivity index (χ1v) is 4.55. The summed E-state index contributed by atoms with van der Waals surface area (Å²) in [5, 5.41) is 0.0231. The van der Waals surface area contributed by atoms with Gasteiger partial charge in [-0.2, -0.15) is 8.42 Å². The van der Waals surface area contributed by atoms with Crippen molar-refractivity contribution < 1.29 is 32.4 Å². The average molecular weight is 258 g/mol. The molecule has 0 aliphatic carbocycles. The van der Waals surface area contributed by atoms with Crippen LogP contribution in [0.25, 0.3) is 0 Å². The molecule has 0 saturated heterocycles. The second-order valence-corrected chi connectivity index (χ2v) is 3.70. The molecule has 1 N–H and O–H groups in total. The molecule has 1 rings (SSSR count). The summed E-state index contributed by atoms with van der Waals surface area (Å²) in [7, 11) is -4.17. The van der Waals surface area contributed by atoms with Crippen molar-refractivity contribution in [2.75, 3.05) is 0 Å². The normalized spacial score (nSPS) is 10.5. The van der Waals surface area contributed by atoms with Crippen LogP contribution in [0, 0.1) is 0 Å². The third kappa shape index (κ3) is 2.83. The van der Waals surface area contributed by atoms with E-state index >= 15 is 0 Å². The molecule has 0 radical (unpaired) electrons. The number of benzene rings is 1. The molecule has 1 aromatic carbocycles. The van der Waals surface area contributed by atoms with Gasteiger partial charge >= 0.3 is 0 Å². The molecule has 0 heterocycles. The zero-order valence-corrected chi connectivity index (χ0v) is 10.6. The summed E-state index contributed by atoms with van der Waals surface area (Å²) in [5.41, 5.74) is 0. The van der Waals surface area contributed by atoms with Gasteiger partial charge in [-0.25, -0.2) is 0 Å². The van der Waals surface area contributed by atoms with E-state index in [1.54, 1.807) is 6.07 Å². The molecule has 0 spiro atoms. The van der Waals surface area contributed by atoms with Crippen LogP contribution in [-0.2, 0) is 29.6 Å². The number of rotatable bonds is 1. The number of hydrogen-bond acceptors (Lipinski definition) is 2. The van der Waals surface area contributed by atoms with Gasteiger partial charge in [0.05, 0.1) is 5.02 Å². The molecule has 0 amide bonds. The molecular weight excluding hydrogens is 253 g/mol. The Morgan fingerprint density at radius 1 is 1.25 bits per heavy atom. The summed E-state index contributed by atoms with van der Waals surface area (Å²) in [6, 6.07) is 5.69. The van der Waals surface area contributed by atoms with Crippen LogP contribution >= 0.6 is 11.6 Å². The van der Waals surface area contributed by atoms with E-state index in [0.717, 1.165) is 0 Å². The van der Waals surface area contributed by atoms with Crippen LogP contribution in [0.3, 0.4) is 0 Å². The third-order valence-electron chi connectivity index (χ3n) is 1.11. The van der Waals surface area contributed by atoms with Crippen LogP contribution in [0.15, 0.2) is 29.2 Å². The average Bonchev–Trinajstić information content (AvgIpc) is 1.86. The van der Waals surface area contributed by atoms with Gasteiger partial charge in [0.15, 0.2) is 0 Å². The quantitative estimate of drug-likeness (QED) is 0.614. The molecule has 0 fully saturated rings. The van der Waals surface area contributed by atoms with Crippen molar-refractivity contribution in [3.8, 4) is 0 Å². The molecule has 0 aromatic heterocycles. The zero-order chi connectivity index (χ0) is 8.48. The molecule has 0 unspecified atom stereocenters. The third-order valence-corrected chi connectivity index (χ3v) is 2.47. The Kier molecular flexibility index (Phi) is 4.34. The topological polar surface area (TPSA) is 54.4 Å². The molecule has 0 aliphatic rings. The van der Waals surface area contributed by atoms with Crippen LogP contribution in [0.5, 0.6) is 0 Å². The predicted octanol–water partition coefficient (Wildman–Crippen LogP) is 1.58. The van der Waals surface area contributed by atoms with Gasteiger partial charge < -0.3 is 0 Å². The minimum absolute atomic E-state index is 0. The van der Waals surface area contributed by atoms with Crippen molar-refractivity contribution in [2.24, 2.45) is 0 Å². The first kappa shape index (κ1) is 12.0. The summed E-state index contributed by atoms with van der Waals surface area (Å²) < 4.78 is 29.6. The largest absolute Gasteiger partial charge is 0.296 e. The second kappa shape index (κ2) is 4.33. The van der Waals surface area contributed by atoms with Gasteiger partial charge in [-0.3, -0.25) is 4.55 Å². The van der Waals surface area contributed by atoms with Gasteiger partial charge in [0.1, 0.15) is 4.90 Å². The minimum atomic E-state index is -4.17. The van der Waals surface area contributed by atoms with Crippen LogP contribution in [0.4, 0.5) is 0 Å². The summed E-state index contributed by atoms with van der Waals surface area (Å²) in [6.45, 7) is 0. The first-order valence-electron chi connectivity index (χ1n) is 2.74. The standard InChI is InChI=1S/C6H5ClO3S.Zn/c7-5-3-1-2-4-6(5)11(8,9)10;/h1-4H,(H,8,9,10);. The summed E-state index contributed by atoms with van der Waals surface area (Å²) in [5.74, 6) is 0. The van der Waals surface area contributed by atoms with Crippen molar-refractivity contribution in [1.82, 2.24) is 0 Å². The van der Waals surface area contributed by atoms with Crippen LogP contribution < -0.4 is 0 Å². The van der Waals surface area contributed by atoms with Gasteiger partial charge in [-0.05, 0) is 12.1 Å². The Morgan fingerprint density at radius 3 is 2.08 bits per heavy atom. The Balaban J connectivity index is 0.00000121. The molecule has 12 heavy (non-hydrogen) atoms. The van der Waals surface area contributed by atoms with Crippen LogP contribution in [0.1, 0.15) is 0 Å². The van der Waals surface area contributed by atoms with Gasteiger partial charge in [0.2, 0.25) is 0 Å². The molecule has 0 bridgehead atoms. The maximum atomic E-state index is 10.5. The van der Waals surface area contributed by atoms with Gasteiger partial charge in [0.25, 0.3) is 10.1 Å². The molecule has 62 valence electrons. The molecule has 6 heteroatoms. The molecular formula is C6H5ClO3SZn. The fourth-order valence-electron chi connectivity index (χ4n) is 0.654. The van der Waals surface area contributed by atoms with E-state index in [9.17, 15) is 8.42 Å². The molecule has 3 nitrogen and oxygen atoms in total. The van der Waals surface area contributed by atoms with Gasteiger partial charge in [-0.1, -0.05) is 23.7 Å². The van der Waals surface area contributed by atoms with E-state index in [1.807, 2.05) is 0 Å². The number of halogens is 1. The smallest absolute Gasteiger partial charge is 0.282 e. The van der Waals surface area contributed by atoms with E-state index < -0.39 is 10.1 Å². The summed E-state index contributed by atoms with van der Waals surface area (Å²) >= 11 is 5.47. The molecule has 0 aliphatic heterocycles. The molecule has 0 atom stereocenters. The maximum Gasteiger partial charge on any atom is 0.296 e. The summed E-state index contributed by atoms with van der Waals surface area (Å²) in [6.07, 6.45) is 0. The SMILES string of the molecule is O=S(=O)(O)c1ccccc1Cl.[Zn]. The van der Waals surface area contributed by atoms with Crippen LogP contribution in [0.2, 0.25) is 5.02 Å². The Bertz CT molecular complexity index is 363. The zero-order valence-electron chi connectivity index (χ0n) is 6.07. The van der Waals surface area contributed by atoms with E-state index in [-0.39, 0.29) is 29.4 Å². The van der Waals surface area contributed by atoms with Crippen molar-refractivity contribution in [3.05, 3.63) is 29.3 Å². The van der Waals surface area contributed by atoms with Crippen molar-refractivity contribution >= 4 is 21.7 Å². The van der Waals surface area contributed by atoms with Crippen molar-refractivity contribution in [3.63, 3.8) is 0 Å². The Labute approximate surface area is 88.2 Å². The monoisotopic (exact) mass is 256 g/mol. The van der Waals surface area contributed by atoms with Crippen molar-refractivity contribution in [1.29, 1.82) is 0 Å². The maximum absolute atomic E-state index is 10.5. The number of hydrogen-bond donors (Lipinski definition) is 1. The van der Waals surface area contributed by atoms with E-state index in [2.05, 4.69) is 0 Å².